The lowest BCUT2D eigenvalue weighted by atomic mass is 10.0. The van der Waals surface area contributed by atoms with Gasteiger partial charge in [0.15, 0.2) is 23.0 Å². The van der Waals surface area contributed by atoms with Crippen LogP contribution in [0.2, 0.25) is 0 Å². The lowest BCUT2D eigenvalue weighted by Gasteiger charge is -2.12. The molecule has 0 saturated carbocycles. The summed E-state index contributed by atoms with van der Waals surface area (Å²) in [6.45, 7) is 1.85. The molecule has 0 atom stereocenters. The zero-order valence-electron chi connectivity index (χ0n) is 18.4. The highest BCUT2D eigenvalue weighted by Gasteiger charge is 2.19. The summed E-state index contributed by atoms with van der Waals surface area (Å²) in [6.07, 6.45) is 5.76. The minimum atomic E-state index is -1.08. The normalized spacial score (nSPS) is 10.8. The Hall–Kier alpha value is -4.34. The molecule has 34 heavy (non-hydrogen) atoms. The summed E-state index contributed by atoms with van der Waals surface area (Å²) in [7, 11) is 1.27. The Morgan fingerprint density at radius 2 is 2.00 bits per heavy atom. The summed E-state index contributed by atoms with van der Waals surface area (Å²) < 4.78 is 35.4. The smallest absolute Gasteiger partial charge is 0.251 e. The second kappa shape index (κ2) is 9.65. The second-order valence-electron chi connectivity index (χ2n) is 7.28. The van der Waals surface area contributed by atoms with Gasteiger partial charge in [0.05, 0.1) is 25.5 Å². The number of nitrogens with one attached hydrogen (secondary N) is 2. The zero-order chi connectivity index (χ0) is 24.2. The summed E-state index contributed by atoms with van der Waals surface area (Å²) in [5.41, 5.74) is 2.69. The number of ether oxygens (including phenoxy) is 1. The molecule has 4 aromatic rings. The highest BCUT2D eigenvalue weighted by molar-refractivity contribution is 5.97. The van der Waals surface area contributed by atoms with Gasteiger partial charge in [-0.1, -0.05) is 6.92 Å². The molecule has 0 aliphatic rings. The summed E-state index contributed by atoms with van der Waals surface area (Å²) in [4.78, 5) is 31.5. The monoisotopic (exact) mass is 465 g/mol. The van der Waals surface area contributed by atoms with Crippen LogP contribution in [0.5, 0.6) is 5.75 Å². The molecule has 0 fully saturated rings. The van der Waals surface area contributed by atoms with Crippen LogP contribution in [0.3, 0.4) is 0 Å². The van der Waals surface area contributed by atoms with Crippen LogP contribution >= 0.6 is 0 Å². The van der Waals surface area contributed by atoms with Gasteiger partial charge in [-0.2, -0.15) is 4.39 Å². The number of imidazole rings is 1. The van der Waals surface area contributed by atoms with Gasteiger partial charge < -0.3 is 20.2 Å². The number of fused-ring (bicyclic) bond motifs is 1. The molecule has 4 rings (SSSR count). The van der Waals surface area contributed by atoms with Crippen molar-refractivity contribution in [3.63, 3.8) is 0 Å². The summed E-state index contributed by atoms with van der Waals surface area (Å²) in [5, 5.41) is 5.70. The number of carbonyl (C=O) groups excluding carboxylic acids is 2. The molecule has 1 amide bonds. The number of aromatic nitrogens is 3. The molecule has 0 unspecified atom stereocenters. The van der Waals surface area contributed by atoms with E-state index in [-0.39, 0.29) is 23.8 Å². The lowest BCUT2D eigenvalue weighted by molar-refractivity contribution is -0.107. The molecule has 0 bridgehead atoms. The van der Waals surface area contributed by atoms with E-state index in [1.54, 1.807) is 22.7 Å². The zero-order valence-corrected chi connectivity index (χ0v) is 18.4. The van der Waals surface area contributed by atoms with Crippen LogP contribution in [0.15, 0.2) is 48.9 Å². The number of aryl methyl sites for hydroxylation is 1. The number of halogens is 2. The number of methoxy groups -OCH3 is 1. The van der Waals surface area contributed by atoms with E-state index in [2.05, 4.69) is 20.6 Å². The molecular formula is C24H21F2N5O3. The number of hydrogen-bond donors (Lipinski definition) is 2. The predicted molar refractivity (Wildman–Crippen MR) is 122 cm³/mol. The topological polar surface area (TPSA) is 97.6 Å². The quantitative estimate of drug-likeness (QED) is 0.383. The lowest BCUT2D eigenvalue weighted by Crippen LogP contribution is -2.26. The average molecular weight is 465 g/mol. The Labute approximate surface area is 193 Å². The average Bonchev–Trinajstić information content (AvgIpc) is 3.29. The first kappa shape index (κ1) is 22.8. The van der Waals surface area contributed by atoms with Crippen molar-refractivity contribution in [2.75, 3.05) is 19.0 Å². The maximum Gasteiger partial charge on any atom is 0.251 e. The molecule has 2 aromatic heterocycles. The van der Waals surface area contributed by atoms with Gasteiger partial charge in [0.1, 0.15) is 6.29 Å². The molecule has 2 aromatic carbocycles. The fourth-order valence-corrected chi connectivity index (χ4v) is 3.65. The Kier molecular flexibility index (Phi) is 6.48. The number of amides is 1. The van der Waals surface area contributed by atoms with E-state index in [1.165, 1.54) is 31.6 Å². The van der Waals surface area contributed by atoms with Crippen LogP contribution in [0.1, 0.15) is 22.8 Å². The fourth-order valence-electron chi connectivity index (χ4n) is 3.65. The minimum absolute atomic E-state index is 0.0295. The molecule has 0 aliphatic carbocycles. The third-order valence-electron chi connectivity index (χ3n) is 5.31. The molecule has 2 N–H and O–H groups in total. The predicted octanol–water partition coefficient (Wildman–Crippen LogP) is 3.92. The van der Waals surface area contributed by atoms with Gasteiger partial charge in [-0.05, 0) is 42.3 Å². The maximum absolute atomic E-state index is 14.7. The number of benzene rings is 2. The van der Waals surface area contributed by atoms with E-state index in [0.29, 0.717) is 41.1 Å². The minimum Gasteiger partial charge on any atom is -0.494 e. The van der Waals surface area contributed by atoms with Gasteiger partial charge in [-0.15, -0.1) is 0 Å². The summed E-state index contributed by atoms with van der Waals surface area (Å²) in [6, 6.07) is 7.96. The van der Waals surface area contributed by atoms with E-state index < -0.39 is 11.6 Å². The van der Waals surface area contributed by atoms with Gasteiger partial charge in [-0.3, -0.25) is 9.20 Å². The molecular weight excluding hydrogens is 444 g/mol. The molecule has 10 heteroatoms. The molecule has 0 saturated heterocycles. The third-order valence-corrected chi connectivity index (χ3v) is 5.31. The van der Waals surface area contributed by atoms with Crippen LogP contribution in [-0.4, -0.2) is 40.2 Å². The van der Waals surface area contributed by atoms with Crippen molar-refractivity contribution < 1.29 is 23.1 Å². The van der Waals surface area contributed by atoms with Gasteiger partial charge in [0.2, 0.25) is 5.82 Å². The van der Waals surface area contributed by atoms with Crippen molar-refractivity contribution in [3.05, 3.63) is 71.7 Å². The number of nitrogens with zero attached hydrogens (tertiary/aromatic N) is 3. The van der Waals surface area contributed by atoms with Crippen molar-refractivity contribution in [1.82, 2.24) is 19.7 Å². The molecule has 8 nitrogen and oxygen atoms in total. The Bertz CT molecular complexity index is 1390. The van der Waals surface area contributed by atoms with Crippen molar-refractivity contribution in [2.24, 2.45) is 0 Å². The van der Waals surface area contributed by atoms with Gasteiger partial charge in [0.25, 0.3) is 5.91 Å². The van der Waals surface area contributed by atoms with Crippen molar-refractivity contribution in [1.29, 1.82) is 0 Å². The van der Waals surface area contributed by atoms with Crippen molar-refractivity contribution >= 4 is 29.3 Å². The van der Waals surface area contributed by atoms with Crippen LogP contribution in [-0.2, 0) is 11.2 Å². The highest BCUT2D eigenvalue weighted by Crippen LogP contribution is 2.31. The molecule has 174 valence electrons. The molecule has 0 radical (unpaired) electrons. The van der Waals surface area contributed by atoms with E-state index in [4.69, 9.17) is 4.74 Å². The van der Waals surface area contributed by atoms with Crippen LogP contribution < -0.4 is 15.4 Å². The van der Waals surface area contributed by atoms with Gasteiger partial charge in [0, 0.05) is 29.2 Å². The maximum atomic E-state index is 14.7. The number of carbonyl (C=O) groups is 2. The van der Waals surface area contributed by atoms with Gasteiger partial charge in [-0.25, -0.2) is 14.4 Å². The van der Waals surface area contributed by atoms with E-state index >= 15 is 0 Å². The number of aldehydes is 1. The summed E-state index contributed by atoms with van der Waals surface area (Å²) in [5.74, 6) is -2.24. The first-order valence-electron chi connectivity index (χ1n) is 10.4. The van der Waals surface area contributed by atoms with E-state index in [0.717, 1.165) is 5.56 Å². The number of anilines is 2. The summed E-state index contributed by atoms with van der Waals surface area (Å²) >= 11 is 0. The Morgan fingerprint density at radius 1 is 1.18 bits per heavy atom. The first-order valence-corrected chi connectivity index (χ1v) is 10.4. The first-order chi connectivity index (χ1) is 16.5. The Morgan fingerprint density at radius 3 is 2.74 bits per heavy atom. The van der Waals surface area contributed by atoms with Crippen LogP contribution in [0, 0.1) is 11.6 Å². The molecule has 2 heterocycles. The van der Waals surface area contributed by atoms with Crippen LogP contribution in [0.4, 0.5) is 20.3 Å². The third kappa shape index (κ3) is 4.17. The van der Waals surface area contributed by atoms with E-state index in [9.17, 15) is 18.4 Å². The fraction of sp³-hybridized carbons (Fsp3) is 0.167. The van der Waals surface area contributed by atoms with Crippen LogP contribution in [0.25, 0.3) is 16.9 Å². The van der Waals surface area contributed by atoms with Crippen molar-refractivity contribution in [2.45, 2.75) is 13.3 Å². The highest BCUT2D eigenvalue weighted by atomic mass is 19.2. The molecule has 0 aliphatic heterocycles. The van der Waals surface area contributed by atoms with E-state index in [1.807, 2.05) is 13.0 Å². The SMILES string of the molecule is CCc1cc(Nc2nccn3c(-c4ccc(OC)c(F)c4F)cnc23)ccc1C(=O)NCC=O. The number of hydrogen-bond acceptors (Lipinski definition) is 6. The number of rotatable bonds is 8. The van der Waals surface area contributed by atoms with Gasteiger partial charge >= 0.3 is 0 Å². The second-order valence-corrected chi connectivity index (χ2v) is 7.28. The largest absolute Gasteiger partial charge is 0.494 e. The van der Waals surface area contributed by atoms with Crippen molar-refractivity contribution in [3.8, 4) is 17.0 Å². The standard InChI is InChI=1S/C24H21F2N5O3/c1-3-14-12-15(4-5-16(14)24(33)28-9-11-32)30-22-23-29-13-18(31(23)10-8-27-22)17-6-7-19(34-2)21(26)20(17)25/h4-8,10-13H,3,9H2,1-2H3,(H,27,30)(H,28,33). The Balaban J connectivity index is 1.69. The molecule has 0 spiro atoms.